The van der Waals surface area contributed by atoms with Crippen LogP contribution in [0.1, 0.15) is 25.7 Å². The van der Waals surface area contributed by atoms with Crippen LogP contribution in [0.4, 0.5) is 0 Å². The maximum absolute atomic E-state index is 3.82. The fraction of sp³-hybridized carbons (Fsp3) is 0.800. The van der Waals surface area contributed by atoms with Crippen LogP contribution < -0.4 is 0 Å². The van der Waals surface area contributed by atoms with Crippen LogP contribution in [0.15, 0.2) is 12.7 Å². The van der Waals surface area contributed by atoms with Crippen LogP contribution in [-0.4, -0.2) is 24.0 Å². The Morgan fingerprint density at radius 3 is 3.09 bits per heavy atom. The lowest BCUT2D eigenvalue weighted by Gasteiger charge is -2.18. The summed E-state index contributed by atoms with van der Waals surface area (Å²) in [5, 5.41) is 0. The Labute approximate surface area is 69.1 Å². The van der Waals surface area contributed by atoms with E-state index in [1.54, 1.807) is 0 Å². The number of rotatable bonds is 2. The second kappa shape index (κ2) is 2.98. The fourth-order valence-corrected chi connectivity index (χ4v) is 2.68. The van der Waals surface area contributed by atoms with Crippen molar-refractivity contribution in [2.24, 2.45) is 5.92 Å². The van der Waals surface area contributed by atoms with Crippen molar-refractivity contribution in [1.82, 2.24) is 4.90 Å². The predicted molar refractivity (Wildman–Crippen MR) is 47.5 cm³/mol. The van der Waals surface area contributed by atoms with Crippen LogP contribution in [0.25, 0.3) is 0 Å². The molecule has 0 bridgehead atoms. The van der Waals surface area contributed by atoms with Gasteiger partial charge >= 0.3 is 0 Å². The molecule has 0 radical (unpaired) electrons. The minimum Gasteiger partial charge on any atom is -0.300 e. The summed E-state index contributed by atoms with van der Waals surface area (Å²) in [7, 11) is 0. The lowest BCUT2D eigenvalue weighted by Crippen LogP contribution is -2.25. The van der Waals surface area contributed by atoms with Crippen molar-refractivity contribution in [3.63, 3.8) is 0 Å². The van der Waals surface area contributed by atoms with Crippen molar-refractivity contribution in [3.8, 4) is 0 Å². The van der Waals surface area contributed by atoms with Crippen molar-refractivity contribution in [2.45, 2.75) is 31.7 Å². The van der Waals surface area contributed by atoms with Gasteiger partial charge < -0.3 is 4.90 Å². The van der Waals surface area contributed by atoms with Crippen LogP contribution in [0, 0.1) is 5.92 Å². The lowest BCUT2D eigenvalue weighted by atomic mass is 9.95. The van der Waals surface area contributed by atoms with Gasteiger partial charge in [0.05, 0.1) is 0 Å². The van der Waals surface area contributed by atoms with Gasteiger partial charge in [-0.3, -0.25) is 0 Å². The number of hydrogen-bond acceptors (Lipinski definition) is 1. The van der Waals surface area contributed by atoms with Crippen molar-refractivity contribution in [3.05, 3.63) is 12.7 Å². The first kappa shape index (κ1) is 7.35. The van der Waals surface area contributed by atoms with E-state index in [1.165, 1.54) is 38.8 Å². The number of allylic oxidation sites excluding steroid dienone is 1. The quantitative estimate of drug-likeness (QED) is 0.546. The summed E-state index contributed by atoms with van der Waals surface area (Å²) in [5.41, 5.74) is 0. The molecule has 0 saturated carbocycles. The second-order valence-corrected chi connectivity index (χ2v) is 3.82. The molecule has 2 rings (SSSR count). The minimum atomic E-state index is 0.924. The van der Waals surface area contributed by atoms with E-state index in [9.17, 15) is 0 Å². The first-order valence-corrected chi connectivity index (χ1v) is 4.77. The van der Waals surface area contributed by atoms with Gasteiger partial charge in [0.15, 0.2) is 0 Å². The van der Waals surface area contributed by atoms with Gasteiger partial charge in [-0.15, -0.1) is 6.58 Å². The highest BCUT2D eigenvalue weighted by molar-refractivity contribution is 4.93. The molecule has 0 aromatic rings. The Hall–Kier alpha value is -0.300. The monoisotopic (exact) mass is 151 g/mol. The van der Waals surface area contributed by atoms with Crippen LogP contribution in [-0.2, 0) is 0 Å². The number of nitrogens with zero attached hydrogens (tertiary/aromatic N) is 1. The van der Waals surface area contributed by atoms with Crippen molar-refractivity contribution in [1.29, 1.82) is 0 Å². The molecule has 2 heterocycles. The SMILES string of the molecule is C=CCC1CCN2CCCC12. The summed E-state index contributed by atoms with van der Waals surface area (Å²) >= 11 is 0. The van der Waals surface area contributed by atoms with Gasteiger partial charge in [0.2, 0.25) is 0 Å². The standard InChI is InChI=1S/C10H17N/c1-2-4-9-6-8-11-7-3-5-10(9)11/h2,9-10H,1,3-8H2. The molecule has 0 amide bonds. The normalized spacial score (nSPS) is 37.5. The van der Waals surface area contributed by atoms with E-state index in [0.29, 0.717) is 0 Å². The molecule has 2 aliphatic heterocycles. The molecule has 2 atom stereocenters. The van der Waals surface area contributed by atoms with Crippen molar-refractivity contribution in [2.75, 3.05) is 13.1 Å². The molecule has 2 unspecified atom stereocenters. The lowest BCUT2D eigenvalue weighted by molar-refractivity contribution is 0.291. The average Bonchev–Trinajstić information content (AvgIpc) is 2.53. The van der Waals surface area contributed by atoms with Crippen LogP contribution in [0.5, 0.6) is 0 Å². The number of fused-ring (bicyclic) bond motifs is 1. The second-order valence-electron chi connectivity index (χ2n) is 3.82. The highest BCUT2D eigenvalue weighted by Gasteiger charge is 2.35. The molecule has 1 heteroatoms. The third kappa shape index (κ3) is 1.22. The highest BCUT2D eigenvalue weighted by Crippen LogP contribution is 2.34. The van der Waals surface area contributed by atoms with Gasteiger partial charge in [-0.25, -0.2) is 0 Å². The average molecular weight is 151 g/mol. The van der Waals surface area contributed by atoms with Gasteiger partial charge in [0.25, 0.3) is 0 Å². The van der Waals surface area contributed by atoms with E-state index in [0.717, 1.165) is 12.0 Å². The molecule has 11 heavy (non-hydrogen) atoms. The molecule has 0 N–H and O–H groups in total. The Kier molecular flexibility index (Phi) is 1.99. The zero-order valence-corrected chi connectivity index (χ0v) is 7.13. The summed E-state index contributed by atoms with van der Waals surface area (Å²) in [5.74, 6) is 0.940. The summed E-state index contributed by atoms with van der Waals surface area (Å²) in [6, 6.07) is 0.924. The van der Waals surface area contributed by atoms with E-state index >= 15 is 0 Å². The molecular formula is C10H17N. The zero-order valence-electron chi connectivity index (χ0n) is 7.13. The summed E-state index contributed by atoms with van der Waals surface area (Å²) in [4.78, 5) is 2.66. The molecule has 2 saturated heterocycles. The van der Waals surface area contributed by atoms with Gasteiger partial charge in [0, 0.05) is 6.04 Å². The smallest absolute Gasteiger partial charge is 0.0127 e. The van der Waals surface area contributed by atoms with Crippen LogP contribution in [0.3, 0.4) is 0 Å². The van der Waals surface area contributed by atoms with Crippen molar-refractivity contribution >= 4 is 0 Å². The van der Waals surface area contributed by atoms with Crippen LogP contribution >= 0.6 is 0 Å². The maximum Gasteiger partial charge on any atom is 0.0127 e. The summed E-state index contributed by atoms with van der Waals surface area (Å²) in [6.45, 7) is 6.53. The molecule has 2 fully saturated rings. The van der Waals surface area contributed by atoms with E-state index in [1.807, 2.05) is 0 Å². The highest BCUT2D eigenvalue weighted by atomic mass is 15.2. The molecular weight excluding hydrogens is 134 g/mol. The van der Waals surface area contributed by atoms with Gasteiger partial charge in [-0.05, 0) is 44.7 Å². The molecule has 0 aromatic carbocycles. The van der Waals surface area contributed by atoms with Gasteiger partial charge in [0.1, 0.15) is 0 Å². The topological polar surface area (TPSA) is 3.24 Å². The minimum absolute atomic E-state index is 0.924. The number of hydrogen-bond donors (Lipinski definition) is 0. The Bertz CT molecular complexity index is 153. The fourth-order valence-electron chi connectivity index (χ4n) is 2.68. The van der Waals surface area contributed by atoms with Gasteiger partial charge in [-0.1, -0.05) is 6.08 Å². The zero-order chi connectivity index (χ0) is 7.68. The molecule has 0 spiro atoms. The van der Waals surface area contributed by atoms with E-state index in [-0.39, 0.29) is 0 Å². The maximum atomic E-state index is 3.82. The Morgan fingerprint density at radius 1 is 1.36 bits per heavy atom. The first-order chi connectivity index (χ1) is 5.42. The third-order valence-electron chi connectivity index (χ3n) is 3.21. The van der Waals surface area contributed by atoms with Crippen molar-refractivity contribution < 1.29 is 0 Å². The van der Waals surface area contributed by atoms with E-state index < -0.39 is 0 Å². The molecule has 62 valence electrons. The predicted octanol–water partition coefficient (Wildman–Crippen LogP) is 2.05. The molecule has 1 nitrogen and oxygen atoms in total. The molecule has 0 aliphatic carbocycles. The largest absolute Gasteiger partial charge is 0.300 e. The third-order valence-corrected chi connectivity index (χ3v) is 3.21. The Balaban J connectivity index is 1.97. The molecule has 2 aliphatic rings. The van der Waals surface area contributed by atoms with E-state index in [4.69, 9.17) is 0 Å². The van der Waals surface area contributed by atoms with Gasteiger partial charge in [-0.2, -0.15) is 0 Å². The summed E-state index contributed by atoms with van der Waals surface area (Å²) in [6.07, 6.45) is 7.61. The Morgan fingerprint density at radius 2 is 2.27 bits per heavy atom. The van der Waals surface area contributed by atoms with Crippen LogP contribution in [0.2, 0.25) is 0 Å². The summed E-state index contributed by atoms with van der Waals surface area (Å²) < 4.78 is 0. The van der Waals surface area contributed by atoms with E-state index in [2.05, 4.69) is 17.6 Å². The molecule has 0 aromatic heterocycles. The first-order valence-electron chi connectivity index (χ1n) is 4.77.